The molecule has 0 bridgehead atoms. The van der Waals surface area contributed by atoms with Gasteiger partial charge in [-0.05, 0) is 49.6 Å². The molecule has 3 nitrogen and oxygen atoms in total. The molecule has 2 rings (SSSR count). The second-order valence-corrected chi connectivity index (χ2v) is 7.40. The smallest absolute Gasteiger partial charge is 0.226 e. The van der Waals surface area contributed by atoms with Gasteiger partial charge in [-0.2, -0.15) is 0 Å². The summed E-state index contributed by atoms with van der Waals surface area (Å²) in [5.41, 5.74) is 0.370. The van der Waals surface area contributed by atoms with Crippen LogP contribution < -0.4 is 5.32 Å². The molecule has 1 atom stereocenters. The molecule has 0 aromatic carbocycles. The Hall–Kier alpha value is -0.570. The van der Waals surface area contributed by atoms with E-state index < -0.39 is 0 Å². The molecule has 1 amide bonds. The zero-order chi connectivity index (χ0) is 14.0. The van der Waals surface area contributed by atoms with Crippen molar-refractivity contribution in [1.82, 2.24) is 10.2 Å². The molecule has 1 saturated carbocycles. The molecule has 0 radical (unpaired) electrons. The number of nitrogens with zero attached hydrogens (tertiary/aromatic N) is 1. The zero-order valence-electron chi connectivity index (χ0n) is 13.0. The van der Waals surface area contributed by atoms with Crippen LogP contribution in [0.3, 0.4) is 0 Å². The van der Waals surface area contributed by atoms with Gasteiger partial charge < -0.3 is 10.2 Å². The van der Waals surface area contributed by atoms with E-state index in [1.807, 2.05) is 0 Å². The second kappa shape index (κ2) is 5.82. The molecule has 0 aromatic heterocycles. The van der Waals surface area contributed by atoms with Crippen LogP contribution >= 0.6 is 0 Å². The maximum absolute atomic E-state index is 12.8. The summed E-state index contributed by atoms with van der Waals surface area (Å²) < 4.78 is 0. The van der Waals surface area contributed by atoms with Crippen molar-refractivity contribution in [1.29, 1.82) is 0 Å². The Balaban J connectivity index is 1.96. The first-order chi connectivity index (χ1) is 8.94. The van der Waals surface area contributed by atoms with E-state index in [0.29, 0.717) is 29.1 Å². The molecule has 2 fully saturated rings. The zero-order valence-corrected chi connectivity index (χ0v) is 13.0. The third kappa shape index (κ3) is 3.50. The van der Waals surface area contributed by atoms with E-state index in [-0.39, 0.29) is 0 Å². The molecule has 0 aromatic rings. The van der Waals surface area contributed by atoms with Crippen LogP contribution in [-0.2, 0) is 4.79 Å². The van der Waals surface area contributed by atoms with Gasteiger partial charge in [-0.3, -0.25) is 4.79 Å². The van der Waals surface area contributed by atoms with E-state index >= 15 is 0 Å². The van der Waals surface area contributed by atoms with Crippen LogP contribution in [0.2, 0.25) is 0 Å². The Bertz CT molecular complexity index is 309. The fourth-order valence-electron chi connectivity index (χ4n) is 3.53. The number of rotatable bonds is 5. The summed E-state index contributed by atoms with van der Waals surface area (Å²) in [5, 5.41) is 3.41. The second-order valence-electron chi connectivity index (χ2n) is 7.40. The molecule has 1 unspecified atom stereocenters. The Morgan fingerprint density at radius 1 is 1.16 bits per heavy atom. The average molecular weight is 266 g/mol. The molecule has 3 heteroatoms. The van der Waals surface area contributed by atoms with Crippen molar-refractivity contribution in [3.05, 3.63) is 0 Å². The molecule has 2 aliphatic rings. The van der Waals surface area contributed by atoms with Crippen molar-refractivity contribution in [2.75, 3.05) is 26.2 Å². The highest BCUT2D eigenvalue weighted by molar-refractivity contribution is 5.82. The van der Waals surface area contributed by atoms with Crippen LogP contribution in [0.4, 0.5) is 0 Å². The van der Waals surface area contributed by atoms with Crippen LogP contribution in [0.15, 0.2) is 0 Å². The van der Waals surface area contributed by atoms with Crippen molar-refractivity contribution in [2.24, 2.45) is 23.2 Å². The summed E-state index contributed by atoms with van der Waals surface area (Å²) in [5.74, 6) is 1.88. The molecule has 110 valence electrons. The van der Waals surface area contributed by atoms with Crippen molar-refractivity contribution in [3.8, 4) is 0 Å². The molecule has 1 N–H and O–H groups in total. The molecule has 1 aliphatic heterocycles. The van der Waals surface area contributed by atoms with Crippen LogP contribution in [0.5, 0.6) is 0 Å². The molecule has 1 heterocycles. The van der Waals surface area contributed by atoms with Gasteiger partial charge in [0.2, 0.25) is 5.91 Å². The molecule has 1 aliphatic carbocycles. The highest BCUT2D eigenvalue weighted by Crippen LogP contribution is 2.59. The standard InChI is InChI=1S/C16H30N2O/c1-12(2)10-18(11-13(3)4)15(19)14-9-16(14)5-7-17-8-6-16/h12-14,17H,5-11H2,1-4H3. The van der Waals surface area contributed by atoms with E-state index in [1.165, 1.54) is 12.8 Å². The van der Waals surface area contributed by atoms with Crippen molar-refractivity contribution in [3.63, 3.8) is 0 Å². The van der Waals surface area contributed by atoms with Crippen molar-refractivity contribution < 1.29 is 4.79 Å². The number of carbonyl (C=O) groups is 1. The Labute approximate surface area is 118 Å². The highest BCUT2D eigenvalue weighted by Gasteiger charge is 2.58. The van der Waals surface area contributed by atoms with Gasteiger partial charge in [0.25, 0.3) is 0 Å². The lowest BCUT2D eigenvalue weighted by Gasteiger charge is -2.29. The third-order valence-electron chi connectivity index (χ3n) is 4.57. The minimum absolute atomic E-state index is 0.326. The van der Waals surface area contributed by atoms with Gasteiger partial charge in [0.1, 0.15) is 0 Å². The van der Waals surface area contributed by atoms with Gasteiger partial charge in [-0.15, -0.1) is 0 Å². The predicted octanol–water partition coefficient (Wildman–Crippen LogP) is 2.52. The Morgan fingerprint density at radius 2 is 1.68 bits per heavy atom. The van der Waals surface area contributed by atoms with E-state index in [9.17, 15) is 4.79 Å². The van der Waals surface area contributed by atoms with Crippen LogP contribution in [0.25, 0.3) is 0 Å². The summed E-state index contributed by atoms with van der Waals surface area (Å²) in [7, 11) is 0. The molecular weight excluding hydrogens is 236 g/mol. The van der Waals surface area contributed by atoms with Gasteiger partial charge in [-0.25, -0.2) is 0 Å². The summed E-state index contributed by atoms with van der Waals surface area (Å²) in [6, 6.07) is 0. The molecular formula is C16H30N2O. The minimum atomic E-state index is 0.326. The quantitative estimate of drug-likeness (QED) is 0.829. The van der Waals surface area contributed by atoms with Crippen molar-refractivity contribution in [2.45, 2.75) is 47.0 Å². The first-order valence-electron chi connectivity index (χ1n) is 7.94. The maximum atomic E-state index is 12.8. The maximum Gasteiger partial charge on any atom is 0.226 e. The van der Waals surface area contributed by atoms with Crippen molar-refractivity contribution >= 4 is 5.91 Å². The number of piperidine rings is 1. The number of carbonyl (C=O) groups excluding carboxylic acids is 1. The first-order valence-corrected chi connectivity index (χ1v) is 7.94. The van der Waals surface area contributed by atoms with E-state index in [4.69, 9.17) is 0 Å². The van der Waals surface area contributed by atoms with E-state index in [1.54, 1.807) is 0 Å². The molecule has 1 saturated heterocycles. The van der Waals surface area contributed by atoms with Gasteiger partial charge in [0, 0.05) is 19.0 Å². The fraction of sp³-hybridized carbons (Fsp3) is 0.938. The van der Waals surface area contributed by atoms with Gasteiger partial charge in [-0.1, -0.05) is 27.7 Å². The normalized spacial score (nSPS) is 25.1. The summed E-state index contributed by atoms with van der Waals surface area (Å²) >= 11 is 0. The van der Waals surface area contributed by atoms with E-state index in [2.05, 4.69) is 37.9 Å². The fourth-order valence-corrected chi connectivity index (χ4v) is 3.53. The number of hydrogen-bond acceptors (Lipinski definition) is 2. The summed E-state index contributed by atoms with van der Waals surface area (Å²) in [4.78, 5) is 14.9. The summed E-state index contributed by atoms with van der Waals surface area (Å²) in [6.45, 7) is 12.8. The molecule has 19 heavy (non-hydrogen) atoms. The highest BCUT2D eigenvalue weighted by atomic mass is 16.2. The number of hydrogen-bond donors (Lipinski definition) is 1. The van der Waals surface area contributed by atoms with Gasteiger partial charge >= 0.3 is 0 Å². The van der Waals surface area contributed by atoms with Crippen LogP contribution in [0, 0.1) is 23.2 Å². The monoisotopic (exact) mass is 266 g/mol. The van der Waals surface area contributed by atoms with Crippen LogP contribution in [0.1, 0.15) is 47.0 Å². The SMILES string of the molecule is CC(C)CN(CC(C)C)C(=O)C1CC12CCNCC2. The lowest BCUT2D eigenvalue weighted by atomic mass is 9.91. The number of amides is 1. The van der Waals surface area contributed by atoms with Crippen LogP contribution in [-0.4, -0.2) is 37.0 Å². The van der Waals surface area contributed by atoms with Gasteiger partial charge in [0.15, 0.2) is 0 Å². The topological polar surface area (TPSA) is 32.3 Å². The number of nitrogens with one attached hydrogen (secondary N) is 1. The Morgan fingerprint density at radius 3 is 2.16 bits per heavy atom. The van der Waals surface area contributed by atoms with E-state index in [0.717, 1.165) is 32.6 Å². The lowest BCUT2D eigenvalue weighted by Crippen LogP contribution is -2.40. The summed E-state index contributed by atoms with van der Waals surface area (Å²) in [6.07, 6.45) is 3.53. The van der Waals surface area contributed by atoms with Gasteiger partial charge in [0.05, 0.1) is 0 Å². The first kappa shape index (κ1) is 14.8. The average Bonchev–Trinajstić information content (AvgIpc) is 3.01. The minimum Gasteiger partial charge on any atom is -0.342 e. The molecule has 1 spiro atoms. The Kier molecular flexibility index (Phi) is 4.54. The predicted molar refractivity (Wildman–Crippen MR) is 78.9 cm³/mol. The largest absolute Gasteiger partial charge is 0.342 e. The third-order valence-corrected chi connectivity index (χ3v) is 4.57. The lowest BCUT2D eigenvalue weighted by molar-refractivity contribution is -0.134.